The monoisotopic (exact) mass is 244 g/mol. The molecule has 1 unspecified atom stereocenters. The van der Waals surface area contributed by atoms with Crippen LogP contribution in [-0.4, -0.2) is 54.7 Å². The SMILES string of the molecule is CO/C(=N/C(C)C)N(C)[C@@H]1CC(O)O[C@H](C)C1. The summed E-state index contributed by atoms with van der Waals surface area (Å²) in [5.74, 6) is 0. The van der Waals surface area contributed by atoms with Crippen LogP contribution < -0.4 is 0 Å². The van der Waals surface area contributed by atoms with Crippen molar-refractivity contribution in [3.05, 3.63) is 0 Å². The fourth-order valence-corrected chi connectivity index (χ4v) is 2.07. The number of ether oxygens (including phenoxy) is 2. The Kier molecular flexibility index (Phi) is 5.21. The number of amidine groups is 1. The summed E-state index contributed by atoms with van der Waals surface area (Å²) in [6.07, 6.45) is 0.821. The first-order valence-corrected chi connectivity index (χ1v) is 6.12. The number of hydrogen-bond acceptors (Lipinski definition) is 4. The molecule has 5 nitrogen and oxygen atoms in total. The molecule has 1 aliphatic heterocycles. The Morgan fingerprint density at radius 2 is 2.12 bits per heavy atom. The summed E-state index contributed by atoms with van der Waals surface area (Å²) in [6, 6.07) is 1.01. The summed E-state index contributed by atoms with van der Waals surface area (Å²) in [7, 11) is 3.57. The van der Waals surface area contributed by atoms with Gasteiger partial charge in [0, 0.05) is 25.6 Å². The molecule has 0 aromatic carbocycles. The third kappa shape index (κ3) is 4.16. The van der Waals surface area contributed by atoms with Crippen molar-refractivity contribution in [2.24, 2.45) is 4.99 Å². The molecule has 5 heteroatoms. The van der Waals surface area contributed by atoms with Gasteiger partial charge in [0.1, 0.15) is 0 Å². The molecule has 1 fully saturated rings. The Morgan fingerprint density at radius 3 is 2.59 bits per heavy atom. The number of rotatable bonds is 2. The van der Waals surface area contributed by atoms with Crippen LogP contribution in [0.1, 0.15) is 33.6 Å². The van der Waals surface area contributed by atoms with Crippen molar-refractivity contribution < 1.29 is 14.6 Å². The van der Waals surface area contributed by atoms with E-state index >= 15 is 0 Å². The number of methoxy groups -OCH3 is 1. The maximum atomic E-state index is 9.61. The average molecular weight is 244 g/mol. The van der Waals surface area contributed by atoms with Gasteiger partial charge < -0.3 is 19.5 Å². The zero-order valence-electron chi connectivity index (χ0n) is 11.4. The Hall–Kier alpha value is -0.810. The van der Waals surface area contributed by atoms with Crippen LogP contribution in [0.15, 0.2) is 4.99 Å². The predicted octanol–water partition coefficient (Wildman–Crippen LogP) is 1.21. The first-order valence-electron chi connectivity index (χ1n) is 6.12. The lowest BCUT2D eigenvalue weighted by Gasteiger charge is -2.37. The minimum atomic E-state index is -0.691. The van der Waals surface area contributed by atoms with Crippen LogP contribution in [0.2, 0.25) is 0 Å². The Labute approximate surface area is 103 Å². The van der Waals surface area contributed by atoms with Crippen molar-refractivity contribution in [2.45, 2.75) is 58.1 Å². The van der Waals surface area contributed by atoms with Gasteiger partial charge in [-0.15, -0.1) is 0 Å². The predicted molar refractivity (Wildman–Crippen MR) is 66.9 cm³/mol. The molecule has 0 amide bonds. The van der Waals surface area contributed by atoms with Crippen LogP contribution >= 0.6 is 0 Å². The average Bonchev–Trinajstić information content (AvgIpc) is 2.23. The molecule has 1 N–H and O–H groups in total. The zero-order chi connectivity index (χ0) is 13.0. The number of aliphatic hydroxyl groups excluding tert-OH is 1. The van der Waals surface area contributed by atoms with Gasteiger partial charge in [-0.1, -0.05) is 0 Å². The van der Waals surface area contributed by atoms with E-state index in [1.807, 2.05) is 32.7 Å². The molecule has 17 heavy (non-hydrogen) atoms. The number of aliphatic imine (C=N–C) groups is 1. The van der Waals surface area contributed by atoms with Gasteiger partial charge >= 0.3 is 0 Å². The van der Waals surface area contributed by atoms with Crippen molar-refractivity contribution in [1.29, 1.82) is 0 Å². The van der Waals surface area contributed by atoms with E-state index in [1.165, 1.54) is 0 Å². The second-order valence-electron chi connectivity index (χ2n) is 4.85. The van der Waals surface area contributed by atoms with Gasteiger partial charge in [0.15, 0.2) is 6.29 Å². The number of hydrogen-bond donors (Lipinski definition) is 1. The van der Waals surface area contributed by atoms with Crippen LogP contribution in [0.5, 0.6) is 0 Å². The molecule has 1 heterocycles. The minimum Gasteiger partial charge on any atom is -0.468 e. The van der Waals surface area contributed by atoms with Gasteiger partial charge in [-0.3, -0.25) is 0 Å². The molecule has 3 atom stereocenters. The normalized spacial score (nSPS) is 30.5. The van der Waals surface area contributed by atoms with E-state index in [4.69, 9.17) is 9.47 Å². The molecule has 0 spiro atoms. The van der Waals surface area contributed by atoms with E-state index in [-0.39, 0.29) is 18.2 Å². The highest BCUT2D eigenvalue weighted by Gasteiger charge is 2.30. The lowest BCUT2D eigenvalue weighted by atomic mass is 10.0. The third-order valence-corrected chi connectivity index (χ3v) is 2.87. The topological polar surface area (TPSA) is 54.3 Å². The zero-order valence-corrected chi connectivity index (χ0v) is 11.4. The van der Waals surface area contributed by atoms with E-state index in [0.717, 1.165) is 6.42 Å². The maximum Gasteiger partial charge on any atom is 0.287 e. The molecular weight excluding hydrogens is 220 g/mol. The second kappa shape index (κ2) is 6.21. The van der Waals surface area contributed by atoms with E-state index in [9.17, 15) is 5.11 Å². The largest absolute Gasteiger partial charge is 0.468 e. The Morgan fingerprint density at radius 1 is 1.47 bits per heavy atom. The van der Waals surface area contributed by atoms with Crippen molar-refractivity contribution in [2.75, 3.05) is 14.2 Å². The Balaban J connectivity index is 2.70. The van der Waals surface area contributed by atoms with E-state index in [1.54, 1.807) is 7.11 Å². The molecule has 0 aromatic heterocycles. The summed E-state index contributed by atoms with van der Waals surface area (Å²) in [5, 5.41) is 9.61. The highest BCUT2D eigenvalue weighted by molar-refractivity contribution is 5.73. The number of nitrogens with zero attached hydrogens (tertiary/aromatic N) is 2. The van der Waals surface area contributed by atoms with Crippen molar-refractivity contribution in [1.82, 2.24) is 4.90 Å². The first-order chi connectivity index (χ1) is 7.93. The van der Waals surface area contributed by atoms with Gasteiger partial charge in [-0.25, -0.2) is 4.99 Å². The van der Waals surface area contributed by atoms with Gasteiger partial charge in [-0.05, 0) is 27.2 Å². The fraction of sp³-hybridized carbons (Fsp3) is 0.917. The molecule has 1 rings (SSSR count). The smallest absolute Gasteiger partial charge is 0.287 e. The molecule has 0 aliphatic carbocycles. The molecule has 0 radical (unpaired) electrons. The van der Waals surface area contributed by atoms with Gasteiger partial charge in [-0.2, -0.15) is 0 Å². The minimum absolute atomic E-state index is 0.0587. The molecule has 0 aromatic rings. The van der Waals surface area contributed by atoms with Gasteiger partial charge in [0.2, 0.25) is 0 Å². The molecule has 1 aliphatic rings. The molecule has 1 saturated heterocycles. The summed E-state index contributed by atoms with van der Waals surface area (Å²) in [5.41, 5.74) is 0. The molecule has 100 valence electrons. The highest BCUT2D eigenvalue weighted by Crippen LogP contribution is 2.22. The standard InChI is InChI=1S/C12H24N2O3/c1-8(2)13-12(16-5)14(4)10-6-9(3)17-11(15)7-10/h8-11,15H,6-7H2,1-5H3/b13-12+/t9-,10+,11?/m1/s1. The van der Waals surface area contributed by atoms with Crippen LogP contribution in [-0.2, 0) is 9.47 Å². The maximum absolute atomic E-state index is 9.61. The van der Waals surface area contributed by atoms with Crippen LogP contribution in [0.3, 0.4) is 0 Å². The second-order valence-corrected chi connectivity index (χ2v) is 4.85. The first kappa shape index (κ1) is 14.3. The van der Waals surface area contributed by atoms with E-state index in [2.05, 4.69) is 4.99 Å². The molecular formula is C12H24N2O3. The summed E-state index contributed by atoms with van der Waals surface area (Å²) in [6.45, 7) is 5.98. The molecule has 0 saturated carbocycles. The van der Waals surface area contributed by atoms with Crippen LogP contribution in [0.4, 0.5) is 0 Å². The number of aliphatic hydroxyl groups is 1. The van der Waals surface area contributed by atoms with E-state index < -0.39 is 6.29 Å². The van der Waals surface area contributed by atoms with Crippen molar-refractivity contribution >= 4 is 6.02 Å². The van der Waals surface area contributed by atoms with Crippen LogP contribution in [0.25, 0.3) is 0 Å². The van der Waals surface area contributed by atoms with E-state index in [0.29, 0.717) is 12.4 Å². The fourth-order valence-electron chi connectivity index (χ4n) is 2.07. The highest BCUT2D eigenvalue weighted by atomic mass is 16.6. The van der Waals surface area contributed by atoms with Gasteiger partial charge in [0.25, 0.3) is 6.02 Å². The summed E-state index contributed by atoms with van der Waals surface area (Å²) < 4.78 is 10.6. The summed E-state index contributed by atoms with van der Waals surface area (Å²) >= 11 is 0. The Bertz CT molecular complexity index is 258. The third-order valence-electron chi connectivity index (χ3n) is 2.87. The molecule has 0 bridgehead atoms. The van der Waals surface area contributed by atoms with Gasteiger partial charge in [0.05, 0.1) is 13.2 Å². The van der Waals surface area contributed by atoms with Crippen LogP contribution in [0, 0.1) is 0 Å². The lowest BCUT2D eigenvalue weighted by Crippen LogP contribution is -2.46. The lowest BCUT2D eigenvalue weighted by molar-refractivity contribution is -0.170. The van der Waals surface area contributed by atoms with Crippen molar-refractivity contribution in [3.8, 4) is 0 Å². The summed E-state index contributed by atoms with van der Waals surface area (Å²) in [4.78, 5) is 6.41. The van der Waals surface area contributed by atoms with Crippen molar-refractivity contribution in [3.63, 3.8) is 0 Å². The quantitative estimate of drug-likeness (QED) is 0.586.